The summed E-state index contributed by atoms with van der Waals surface area (Å²) in [5.41, 5.74) is 5.25. The van der Waals surface area contributed by atoms with E-state index in [0.717, 1.165) is 21.3 Å². The van der Waals surface area contributed by atoms with E-state index >= 15 is 0 Å². The van der Waals surface area contributed by atoms with E-state index in [9.17, 15) is 4.79 Å². The van der Waals surface area contributed by atoms with Crippen LogP contribution in [0.3, 0.4) is 0 Å². The number of carbonyl (C=O) groups excluding carboxylic acids is 1. The van der Waals surface area contributed by atoms with Crippen molar-refractivity contribution in [3.05, 3.63) is 64.1 Å². The predicted octanol–water partition coefficient (Wildman–Crippen LogP) is 3.68. The van der Waals surface area contributed by atoms with Crippen molar-refractivity contribution in [2.45, 2.75) is 13.8 Å². The molecule has 1 N–H and O–H groups in total. The number of nitrogens with zero attached hydrogens (tertiary/aromatic N) is 1. The number of rotatable bonds is 5. The highest BCUT2D eigenvalue weighted by molar-refractivity contribution is 9.10. The van der Waals surface area contributed by atoms with E-state index in [1.165, 1.54) is 0 Å². The van der Waals surface area contributed by atoms with Crippen LogP contribution < -0.4 is 10.2 Å². The van der Waals surface area contributed by atoms with Crippen LogP contribution in [-0.4, -0.2) is 18.2 Å². The number of carbonyl (C=O) groups is 1. The van der Waals surface area contributed by atoms with Crippen LogP contribution in [0.25, 0.3) is 0 Å². The third-order valence-corrected chi connectivity index (χ3v) is 3.93. The van der Waals surface area contributed by atoms with E-state index in [-0.39, 0.29) is 12.5 Å². The number of hydrogen-bond donors (Lipinski definition) is 1. The second kappa shape index (κ2) is 7.75. The molecule has 4 nitrogen and oxygen atoms in total. The number of hydrazone groups is 1. The number of amides is 1. The number of hydrogen-bond acceptors (Lipinski definition) is 3. The van der Waals surface area contributed by atoms with Gasteiger partial charge < -0.3 is 4.74 Å². The average molecular weight is 361 g/mol. The molecule has 0 heterocycles. The zero-order valence-electron chi connectivity index (χ0n) is 12.5. The van der Waals surface area contributed by atoms with E-state index in [0.29, 0.717) is 5.75 Å². The van der Waals surface area contributed by atoms with Crippen LogP contribution in [0.15, 0.2) is 58.1 Å². The van der Waals surface area contributed by atoms with Gasteiger partial charge in [-0.2, -0.15) is 5.10 Å². The lowest BCUT2D eigenvalue weighted by Crippen LogP contribution is -2.25. The largest absolute Gasteiger partial charge is 0.484 e. The Balaban J connectivity index is 1.86. The maximum Gasteiger partial charge on any atom is 0.277 e. The van der Waals surface area contributed by atoms with Crippen molar-refractivity contribution in [2.24, 2.45) is 5.10 Å². The highest BCUT2D eigenvalue weighted by Gasteiger charge is 2.04. The first kappa shape index (κ1) is 16.2. The van der Waals surface area contributed by atoms with Gasteiger partial charge in [-0.05, 0) is 43.2 Å². The second-order valence-corrected chi connectivity index (χ2v) is 5.65. The molecular weight excluding hydrogens is 344 g/mol. The normalized spacial score (nSPS) is 11.1. The summed E-state index contributed by atoms with van der Waals surface area (Å²) >= 11 is 3.42. The van der Waals surface area contributed by atoms with Crippen molar-refractivity contribution < 1.29 is 9.53 Å². The topological polar surface area (TPSA) is 50.7 Å². The summed E-state index contributed by atoms with van der Waals surface area (Å²) in [5.74, 6) is 0.357. The average Bonchev–Trinajstić information content (AvgIpc) is 2.54. The molecule has 2 aromatic carbocycles. The van der Waals surface area contributed by atoms with Crippen molar-refractivity contribution in [1.29, 1.82) is 0 Å². The SMILES string of the molecule is CC(=NNC(=O)COc1ccc(Br)c(C)c1)c1ccccc1. The molecule has 0 fully saturated rings. The van der Waals surface area contributed by atoms with E-state index < -0.39 is 0 Å². The Morgan fingerprint density at radius 1 is 1.23 bits per heavy atom. The Kier molecular flexibility index (Phi) is 5.72. The summed E-state index contributed by atoms with van der Waals surface area (Å²) in [6.45, 7) is 3.73. The first-order valence-corrected chi connectivity index (χ1v) is 7.63. The molecule has 1 amide bonds. The lowest BCUT2D eigenvalue weighted by molar-refractivity contribution is -0.123. The van der Waals surface area contributed by atoms with Gasteiger partial charge in [-0.3, -0.25) is 4.79 Å². The summed E-state index contributed by atoms with van der Waals surface area (Å²) in [4.78, 5) is 11.8. The first-order valence-electron chi connectivity index (χ1n) is 6.84. The summed E-state index contributed by atoms with van der Waals surface area (Å²) in [5, 5.41) is 4.07. The minimum absolute atomic E-state index is 0.0767. The van der Waals surface area contributed by atoms with E-state index in [1.807, 2.05) is 62.4 Å². The molecule has 2 aromatic rings. The Bertz CT molecular complexity index is 684. The van der Waals surface area contributed by atoms with E-state index in [2.05, 4.69) is 26.5 Å². The van der Waals surface area contributed by atoms with Gasteiger partial charge in [-0.15, -0.1) is 0 Å². The third-order valence-electron chi connectivity index (χ3n) is 3.04. The number of halogens is 1. The van der Waals surface area contributed by atoms with Gasteiger partial charge in [0.25, 0.3) is 5.91 Å². The quantitative estimate of drug-likeness (QED) is 0.653. The Morgan fingerprint density at radius 3 is 2.64 bits per heavy atom. The molecule has 114 valence electrons. The van der Waals surface area contributed by atoms with Gasteiger partial charge in [0.05, 0.1) is 5.71 Å². The molecule has 22 heavy (non-hydrogen) atoms. The van der Waals surface area contributed by atoms with Crippen LogP contribution in [0.5, 0.6) is 5.75 Å². The van der Waals surface area contributed by atoms with Gasteiger partial charge in [0.15, 0.2) is 6.61 Å². The lowest BCUT2D eigenvalue weighted by Gasteiger charge is -2.07. The monoisotopic (exact) mass is 360 g/mol. The molecule has 0 aliphatic heterocycles. The number of benzene rings is 2. The van der Waals surface area contributed by atoms with Gasteiger partial charge in [-0.1, -0.05) is 46.3 Å². The molecule has 0 saturated heterocycles. The third kappa shape index (κ3) is 4.70. The maximum atomic E-state index is 11.8. The number of aryl methyl sites for hydroxylation is 1. The fourth-order valence-corrected chi connectivity index (χ4v) is 2.02. The van der Waals surface area contributed by atoms with Crippen LogP contribution in [0.1, 0.15) is 18.1 Å². The molecule has 2 rings (SSSR count). The van der Waals surface area contributed by atoms with Gasteiger partial charge in [0, 0.05) is 4.47 Å². The molecule has 0 atom stereocenters. The van der Waals surface area contributed by atoms with Crippen LogP contribution in [0, 0.1) is 6.92 Å². The Labute approximate surface area is 138 Å². The molecular formula is C17H17BrN2O2. The zero-order chi connectivity index (χ0) is 15.9. The highest BCUT2D eigenvalue weighted by Crippen LogP contribution is 2.21. The zero-order valence-corrected chi connectivity index (χ0v) is 14.1. The summed E-state index contributed by atoms with van der Waals surface area (Å²) in [7, 11) is 0. The Morgan fingerprint density at radius 2 is 1.95 bits per heavy atom. The summed E-state index contributed by atoms with van der Waals surface area (Å²) in [6.07, 6.45) is 0. The summed E-state index contributed by atoms with van der Waals surface area (Å²) < 4.78 is 6.45. The van der Waals surface area contributed by atoms with Gasteiger partial charge in [-0.25, -0.2) is 5.43 Å². The van der Waals surface area contributed by atoms with E-state index in [1.54, 1.807) is 0 Å². The molecule has 0 saturated carbocycles. The van der Waals surface area contributed by atoms with Gasteiger partial charge >= 0.3 is 0 Å². The molecule has 0 spiro atoms. The van der Waals surface area contributed by atoms with Crippen LogP contribution >= 0.6 is 15.9 Å². The molecule has 0 unspecified atom stereocenters. The lowest BCUT2D eigenvalue weighted by atomic mass is 10.1. The second-order valence-electron chi connectivity index (χ2n) is 4.80. The molecule has 0 aliphatic carbocycles. The number of nitrogens with one attached hydrogen (secondary N) is 1. The van der Waals surface area contributed by atoms with Crippen molar-refractivity contribution >= 4 is 27.5 Å². The first-order chi connectivity index (χ1) is 10.6. The molecule has 0 radical (unpaired) electrons. The van der Waals surface area contributed by atoms with Crippen LogP contribution in [0.4, 0.5) is 0 Å². The minimum Gasteiger partial charge on any atom is -0.484 e. The van der Waals surface area contributed by atoms with Crippen LogP contribution in [-0.2, 0) is 4.79 Å². The van der Waals surface area contributed by atoms with Gasteiger partial charge in [0.2, 0.25) is 0 Å². The van der Waals surface area contributed by atoms with E-state index in [4.69, 9.17) is 4.74 Å². The van der Waals surface area contributed by atoms with Gasteiger partial charge in [0.1, 0.15) is 5.75 Å². The van der Waals surface area contributed by atoms with Crippen LogP contribution in [0.2, 0.25) is 0 Å². The highest BCUT2D eigenvalue weighted by atomic mass is 79.9. The van der Waals surface area contributed by atoms with Crippen molar-refractivity contribution in [2.75, 3.05) is 6.61 Å². The molecule has 0 aliphatic rings. The maximum absolute atomic E-state index is 11.8. The molecule has 5 heteroatoms. The molecule has 0 bridgehead atoms. The van der Waals surface area contributed by atoms with Crippen molar-refractivity contribution in [3.63, 3.8) is 0 Å². The predicted molar refractivity (Wildman–Crippen MR) is 91.2 cm³/mol. The smallest absolute Gasteiger partial charge is 0.277 e. The minimum atomic E-state index is -0.296. The van der Waals surface area contributed by atoms with Crippen molar-refractivity contribution in [3.8, 4) is 5.75 Å². The standard InChI is InChI=1S/C17H17BrN2O2/c1-12-10-15(8-9-16(12)18)22-11-17(21)20-19-13(2)14-6-4-3-5-7-14/h3-10H,11H2,1-2H3,(H,20,21). The Hall–Kier alpha value is -2.14. The van der Waals surface area contributed by atoms with Crippen molar-refractivity contribution in [1.82, 2.24) is 5.43 Å². The summed E-state index contributed by atoms with van der Waals surface area (Å²) in [6, 6.07) is 15.2. The fraction of sp³-hybridized carbons (Fsp3) is 0.176. The molecule has 0 aromatic heterocycles. The number of ether oxygens (including phenoxy) is 1. The fourth-order valence-electron chi connectivity index (χ4n) is 1.78.